The summed E-state index contributed by atoms with van der Waals surface area (Å²) in [5.74, 6) is 0.426. The van der Waals surface area contributed by atoms with Crippen LogP contribution in [0, 0.1) is 13.8 Å². The van der Waals surface area contributed by atoms with Gasteiger partial charge in [-0.05, 0) is 62.6 Å². The summed E-state index contributed by atoms with van der Waals surface area (Å²) in [7, 11) is 0. The molecule has 0 aliphatic heterocycles. The van der Waals surface area contributed by atoms with E-state index >= 15 is 0 Å². The molecule has 1 N–H and O–H groups in total. The van der Waals surface area contributed by atoms with Crippen molar-refractivity contribution in [3.63, 3.8) is 0 Å². The Morgan fingerprint density at radius 1 is 1.09 bits per heavy atom. The van der Waals surface area contributed by atoms with E-state index in [4.69, 9.17) is 16.3 Å². The van der Waals surface area contributed by atoms with Gasteiger partial charge in [0.25, 0.3) is 5.91 Å². The van der Waals surface area contributed by atoms with Crippen LogP contribution in [0.5, 0.6) is 5.75 Å². The van der Waals surface area contributed by atoms with Gasteiger partial charge in [0.15, 0.2) is 6.10 Å². The molecule has 23 heavy (non-hydrogen) atoms. The number of halogens is 1. The van der Waals surface area contributed by atoms with Crippen molar-refractivity contribution >= 4 is 17.5 Å². The van der Waals surface area contributed by atoms with Gasteiger partial charge >= 0.3 is 0 Å². The van der Waals surface area contributed by atoms with Crippen molar-refractivity contribution < 1.29 is 9.53 Å². The lowest BCUT2D eigenvalue weighted by Gasteiger charge is -2.19. The van der Waals surface area contributed by atoms with Gasteiger partial charge < -0.3 is 10.1 Å². The van der Waals surface area contributed by atoms with Gasteiger partial charge in [-0.2, -0.15) is 0 Å². The summed E-state index contributed by atoms with van der Waals surface area (Å²) in [6, 6.07) is 13.2. The molecular formula is C19H22ClNO2. The van der Waals surface area contributed by atoms with Gasteiger partial charge in [-0.25, -0.2) is 0 Å². The lowest BCUT2D eigenvalue weighted by molar-refractivity contribution is -0.127. The van der Waals surface area contributed by atoms with Crippen molar-refractivity contribution in [2.75, 3.05) is 0 Å². The first kappa shape index (κ1) is 17.4. The predicted octanol–water partition coefficient (Wildman–Crippen LogP) is 4.60. The molecular weight excluding hydrogens is 310 g/mol. The van der Waals surface area contributed by atoms with Crippen molar-refractivity contribution in [2.24, 2.45) is 0 Å². The molecule has 2 atom stereocenters. The number of nitrogens with one attached hydrogen (secondary N) is 1. The molecule has 2 aromatic carbocycles. The molecule has 0 saturated carbocycles. The zero-order valence-electron chi connectivity index (χ0n) is 13.9. The fraction of sp³-hybridized carbons (Fsp3) is 0.316. The molecule has 0 aliphatic rings. The van der Waals surface area contributed by atoms with Crippen LogP contribution in [0.2, 0.25) is 5.02 Å². The van der Waals surface area contributed by atoms with Gasteiger partial charge in [-0.3, -0.25) is 4.79 Å². The molecule has 122 valence electrons. The van der Waals surface area contributed by atoms with Crippen LogP contribution in [0.1, 0.15) is 36.6 Å². The minimum absolute atomic E-state index is 0.0767. The second-order valence-corrected chi connectivity index (χ2v) is 6.23. The van der Waals surface area contributed by atoms with E-state index in [1.54, 1.807) is 31.2 Å². The minimum Gasteiger partial charge on any atom is -0.481 e. The molecule has 0 heterocycles. The Bertz CT molecular complexity index is 700. The smallest absolute Gasteiger partial charge is 0.261 e. The first-order chi connectivity index (χ1) is 10.9. The molecule has 0 saturated heterocycles. The maximum absolute atomic E-state index is 12.3. The highest BCUT2D eigenvalue weighted by Crippen LogP contribution is 2.20. The summed E-state index contributed by atoms with van der Waals surface area (Å²) in [4.78, 5) is 12.3. The molecule has 3 nitrogen and oxygen atoms in total. The summed E-state index contributed by atoms with van der Waals surface area (Å²) in [5.41, 5.74) is 3.54. The molecule has 0 spiro atoms. The summed E-state index contributed by atoms with van der Waals surface area (Å²) in [5, 5.41) is 3.56. The fourth-order valence-corrected chi connectivity index (χ4v) is 2.43. The molecule has 2 rings (SSSR count). The number of carbonyl (C=O) groups is 1. The standard InChI is InChI=1S/C19H22ClNO2/c1-12-8-9-16(10-13(12)2)14(3)21-19(22)15(4)23-18-7-5-6-17(20)11-18/h5-11,14-15H,1-4H3,(H,21,22)/t14-,15+/m1/s1. The maximum Gasteiger partial charge on any atom is 0.261 e. The molecule has 0 aromatic heterocycles. The number of carbonyl (C=O) groups excluding carboxylic acids is 1. The molecule has 4 heteroatoms. The van der Waals surface area contributed by atoms with E-state index in [-0.39, 0.29) is 11.9 Å². The van der Waals surface area contributed by atoms with Gasteiger partial charge in [0.2, 0.25) is 0 Å². The van der Waals surface area contributed by atoms with Crippen molar-refractivity contribution in [3.05, 3.63) is 64.2 Å². The number of hydrogen-bond acceptors (Lipinski definition) is 2. The average Bonchev–Trinajstić information content (AvgIpc) is 2.49. The topological polar surface area (TPSA) is 38.3 Å². The average molecular weight is 332 g/mol. The molecule has 0 aliphatic carbocycles. The largest absolute Gasteiger partial charge is 0.481 e. The quantitative estimate of drug-likeness (QED) is 0.869. The lowest BCUT2D eigenvalue weighted by atomic mass is 10.0. The third-order valence-corrected chi connectivity index (χ3v) is 4.10. The van der Waals surface area contributed by atoms with Crippen molar-refractivity contribution in [1.82, 2.24) is 5.32 Å². The van der Waals surface area contributed by atoms with Crippen molar-refractivity contribution in [1.29, 1.82) is 0 Å². The van der Waals surface area contributed by atoms with Crippen LogP contribution in [-0.2, 0) is 4.79 Å². The normalized spacial score (nSPS) is 13.3. The first-order valence-corrected chi connectivity index (χ1v) is 8.04. The van der Waals surface area contributed by atoms with E-state index in [2.05, 4.69) is 31.3 Å². The predicted molar refractivity (Wildman–Crippen MR) is 94.0 cm³/mol. The third-order valence-electron chi connectivity index (χ3n) is 3.87. The second kappa shape index (κ2) is 7.51. The minimum atomic E-state index is -0.595. The fourth-order valence-electron chi connectivity index (χ4n) is 2.25. The van der Waals surface area contributed by atoms with Crippen LogP contribution in [0.3, 0.4) is 0 Å². The van der Waals surface area contributed by atoms with Gasteiger partial charge in [0.05, 0.1) is 6.04 Å². The highest BCUT2D eigenvalue weighted by atomic mass is 35.5. The van der Waals surface area contributed by atoms with E-state index in [9.17, 15) is 4.79 Å². The summed E-state index contributed by atoms with van der Waals surface area (Å²) in [6.45, 7) is 7.83. The van der Waals surface area contributed by atoms with Gasteiger partial charge in [-0.15, -0.1) is 0 Å². The molecule has 2 aromatic rings. The first-order valence-electron chi connectivity index (χ1n) is 7.66. The molecule has 0 fully saturated rings. The van der Waals surface area contributed by atoms with Crippen molar-refractivity contribution in [3.8, 4) is 5.75 Å². The number of hydrogen-bond donors (Lipinski definition) is 1. The van der Waals surface area contributed by atoms with Gasteiger partial charge in [-0.1, -0.05) is 35.9 Å². The van der Waals surface area contributed by atoms with E-state index in [1.165, 1.54) is 11.1 Å². The van der Waals surface area contributed by atoms with E-state index < -0.39 is 6.10 Å². The maximum atomic E-state index is 12.3. The van der Waals surface area contributed by atoms with Crippen LogP contribution < -0.4 is 10.1 Å². The Hall–Kier alpha value is -2.00. The Kier molecular flexibility index (Phi) is 5.67. The monoisotopic (exact) mass is 331 g/mol. The molecule has 0 bridgehead atoms. The molecule has 0 unspecified atom stereocenters. The Morgan fingerprint density at radius 2 is 1.83 bits per heavy atom. The summed E-state index contributed by atoms with van der Waals surface area (Å²) < 4.78 is 5.64. The number of ether oxygens (including phenoxy) is 1. The Morgan fingerprint density at radius 3 is 2.48 bits per heavy atom. The van der Waals surface area contributed by atoms with Gasteiger partial charge in [0, 0.05) is 5.02 Å². The number of benzene rings is 2. The van der Waals surface area contributed by atoms with Gasteiger partial charge in [0.1, 0.15) is 5.75 Å². The lowest BCUT2D eigenvalue weighted by Crippen LogP contribution is -2.37. The van der Waals surface area contributed by atoms with Crippen LogP contribution >= 0.6 is 11.6 Å². The van der Waals surface area contributed by atoms with E-state index in [0.717, 1.165) is 5.56 Å². The summed E-state index contributed by atoms with van der Waals surface area (Å²) >= 11 is 5.92. The van der Waals surface area contributed by atoms with E-state index in [0.29, 0.717) is 10.8 Å². The molecule has 1 amide bonds. The second-order valence-electron chi connectivity index (χ2n) is 5.79. The zero-order chi connectivity index (χ0) is 17.0. The zero-order valence-corrected chi connectivity index (χ0v) is 14.6. The molecule has 0 radical (unpaired) electrons. The van der Waals surface area contributed by atoms with Crippen LogP contribution in [0.4, 0.5) is 0 Å². The number of amides is 1. The summed E-state index contributed by atoms with van der Waals surface area (Å²) in [6.07, 6.45) is -0.595. The Balaban J connectivity index is 1.98. The Labute approximate surface area is 142 Å². The highest BCUT2D eigenvalue weighted by Gasteiger charge is 2.18. The highest BCUT2D eigenvalue weighted by molar-refractivity contribution is 6.30. The number of aryl methyl sites for hydroxylation is 2. The van der Waals surface area contributed by atoms with Crippen LogP contribution in [0.15, 0.2) is 42.5 Å². The third kappa shape index (κ3) is 4.73. The SMILES string of the molecule is Cc1ccc([C@@H](C)NC(=O)[C@H](C)Oc2cccc(Cl)c2)cc1C. The van der Waals surface area contributed by atoms with E-state index in [1.807, 2.05) is 13.0 Å². The van der Waals surface area contributed by atoms with Crippen LogP contribution in [-0.4, -0.2) is 12.0 Å². The van der Waals surface area contributed by atoms with Crippen molar-refractivity contribution in [2.45, 2.75) is 39.8 Å². The van der Waals surface area contributed by atoms with Crippen LogP contribution in [0.25, 0.3) is 0 Å². The number of rotatable bonds is 5.